The van der Waals surface area contributed by atoms with E-state index in [1.165, 1.54) is 24.3 Å². The third-order valence-electron chi connectivity index (χ3n) is 4.27. The van der Waals surface area contributed by atoms with E-state index >= 15 is 0 Å². The van der Waals surface area contributed by atoms with Gasteiger partial charge in [0.15, 0.2) is 5.56 Å². The lowest BCUT2D eigenvalue weighted by atomic mass is 10.2. The van der Waals surface area contributed by atoms with Gasteiger partial charge in [0.1, 0.15) is 5.69 Å². The van der Waals surface area contributed by atoms with Crippen LogP contribution in [0.4, 0.5) is 5.69 Å². The average molecular weight is 445 g/mol. The lowest BCUT2D eigenvalue weighted by Gasteiger charge is -2.13. The van der Waals surface area contributed by atoms with Gasteiger partial charge in [-0.2, -0.15) is 0 Å². The minimum atomic E-state index is -1.16. The zero-order valence-electron chi connectivity index (χ0n) is 16.3. The highest BCUT2D eigenvalue weighted by atomic mass is 35.5. The largest absolute Gasteiger partial charge is 0.478 e. The molecule has 1 aromatic heterocycles. The first kappa shape index (κ1) is 21.8. The molecule has 0 radical (unpaired) electrons. The van der Waals surface area contributed by atoms with Crippen LogP contribution >= 0.6 is 11.6 Å². The Kier molecular flexibility index (Phi) is 6.51. The maximum atomic E-state index is 12.8. The number of aromatic amines is 1. The van der Waals surface area contributed by atoms with Crippen LogP contribution in [0.1, 0.15) is 22.8 Å². The lowest BCUT2D eigenvalue weighted by molar-refractivity contribution is -0.384. The standard InChI is InChI=1S/C20H17ClN4O6/c1-2-31-19-16(18(27)22-11-12-7-9-13(21)10-8-12)17(26)20(28)24(23-19)14-5-3-4-6-15(14)25(29)30/h3-10,23H,2,11H2,1H3,(H,22,27). The van der Waals surface area contributed by atoms with Crippen LogP contribution in [0.2, 0.25) is 5.02 Å². The number of para-hydroxylation sites is 2. The summed E-state index contributed by atoms with van der Waals surface area (Å²) >= 11 is 5.83. The van der Waals surface area contributed by atoms with Crippen LogP contribution in [-0.4, -0.2) is 27.2 Å². The summed E-state index contributed by atoms with van der Waals surface area (Å²) in [5, 5.41) is 16.9. The van der Waals surface area contributed by atoms with E-state index in [0.717, 1.165) is 5.56 Å². The number of halogens is 1. The van der Waals surface area contributed by atoms with Gasteiger partial charge in [-0.15, -0.1) is 0 Å². The Bertz CT molecular complexity index is 1250. The van der Waals surface area contributed by atoms with Crippen LogP contribution in [-0.2, 0) is 6.54 Å². The van der Waals surface area contributed by atoms with Crippen molar-refractivity contribution in [2.75, 3.05) is 6.61 Å². The van der Waals surface area contributed by atoms with Crippen molar-refractivity contribution in [2.24, 2.45) is 0 Å². The summed E-state index contributed by atoms with van der Waals surface area (Å²) in [5.74, 6) is -1.11. The summed E-state index contributed by atoms with van der Waals surface area (Å²) < 4.78 is 6.06. The molecular weight excluding hydrogens is 428 g/mol. The monoisotopic (exact) mass is 444 g/mol. The molecule has 0 aliphatic heterocycles. The van der Waals surface area contributed by atoms with Crippen molar-refractivity contribution < 1.29 is 14.5 Å². The average Bonchev–Trinajstić information content (AvgIpc) is 2.76. The first-order chi connectivity index (χ1) is 14.8. The summed E-state index contributed by atoms with van der Waals surface area (Å²) in [6, 6.07) is 12.1. The quantitative estimate of drug-likeness (QED) is 0.326. The van der Waals surface area contributed by atoms with E-state index < -0.39 is 33.1 Å². The minimum absolute atomic E-state index is 0.0719. The number of ether oxygens (including phenoxy) is 1. The van der Waals surface area contributed by atoms with Crippen LogP contribution in [0.3, 0.4) is 0 Å². The van der Waals surface area contributed by atoms with Gasteiger partial charge in [0.25, 0.3) is 17.0 Å². The Hall–Kier alpha value is -3.92. The maximum Gasteiger partial charge on any atom is 0.318 e. The number of aromatic nitrogens is 2. The molecule has 0 aliphatic carbocycles. The predicted octanol–water partition coefficient (Wildman–Crippen LogP) is 2.42. The Labute approximate surface area is 180 Å². The first-order valence-corrected chi connectivity index (χ1v) is 9.49. The smallest absolute Gasteiger partial charge is 0.318 e. The second-order valence-electron chi connectivity index (χ2n) is 6.27. The molecule has 3 rings (SSSR count). The molecule has 2 aromatic carbocycles. The molecule has 0 bridgehead atoms. The van der Waals surface area contributed by atoms with Gasteiger partial charge in [-0.3, -0.25) is 29.6 Å². The number of hydrogen-bond donors (Lipinski definition) is 2. The van der Waals surface area contributed by atoms with Crippen molar-refractivity contribution >= 4 is 23.2 Å². The van der Waals surface area contributed by atoms with Crippen molar-refractivity contribution in [3.63, 3.8) is 0 Å². The molecule has 0 aliphatic rings. The number of nitrogens with one attached hydrogen (secondary N) is 2. The molecule has 0 saturated carbocycles. The number of nitro groups is 1. The molecule has 11 heteroatoms. The molecule has 2 N–H and O–H groups in total. The molecule has 0 fully saturated rings. The summed E-state index contributed by atoms with van der Waals surface area (Å²) in [5.41, 5.74) is -2.68. The van der Waals surface area contributed by atoms with Crippen molar-refractivity contribution in [1.29, 1.82) is 0 Å². The van der Waals surface area contributed by atoms with Crippen molar-refractivity contribution in [2.45, 2.75) is 13.5 Å². The van der Waals surface area contributed by atoms with Crippen LogP contribution in [0.5, 0.6) is 5.88 Å². The molecule has 0 unspecified atom stereocenters. The van der Waals surface area contributed by atoms with Gasteiger partial charge >= 0.3 is 5.56 Å². The first-order valence-electron chi connectivity index (χ1n) is 9.12. The highest BCUT2D eigenvalue weighted by Crippen LogP contribution is 2.21. The molecule has 3 aromatic rings. The molecule has 0 spiro atoms. The normalized spacial score (nSPS) is 10.5. The van der Waals surface area contributed by atoms with Crippen LogP contribution in [0, 0.1) is 10.1 Å². The van der Waals surface area contributed by atoms with E-state index in [1.54, 1.807) is 31.2 Å². The Balaban J connectivity index is 2.04. The summed E-state index contributed by atoms with van der Waals surface area (Å²) in [7, 11) is 0. The number of hydrogen-bond acceptors (Lipinski definition) is 6. The molecular formula is C20H17ClN4O6. The molecule has 0 saturated heterocycles. The van der Waals surface area contributed by atoms with Gasteiger partial charge in [-0.1, -0.05) is 35.9 Å². The van der Waals surface area contributed by atoms with Crippen molar-refractivity contribution in [3.8, 4) is 11.6 Å². The van der Waals surface area contributed by atoms with Gasteiger partial charge < -0.3 is 10.1 Å². The van der Waals surface area contributed by atoms with Crippen LogP contribution in [0.15, 0.2) is 58.1 Å². The number of H-pyrrole nitrogens is 1. The second-order valence-corrected chi connectivity index (χ2v) is 6.71. The van der Waals surface area contributed by atoms with Crippen LogP contribution < -0.4 is 21.0 Å². The fourth-order valence-corrected chi connectivity index (χ4v) is 2.95. The molecule has 31 heavy (non-hydrogen) atoms. The fourth-order valence-electron chi connectivity index (χ4n) is 2.83. The summed E-state index contributed by atoms with van der Waals surface area (Å²) in [6.07, 6.45) is 0. The topological polar surface area (TPSA) is 136 Å². The Morgan fingerprint density at radius 2 is 1.87 bits per heavy atom. The lowest BCUT2D eigenvalue weighted by Crippen LogP contribution is -2.42. The fraction of sp³-hybridized carbons (Fsp3) is 0.150. The number of nitro benzene ring substituents is 1. The Morgan fingerprint density at radius 1 is 1.19 bits per heavy atom. The van der Waals surface area contributed by atoms with Crippen molar-refractivity contribution in [3.05, 3.63) is 95.4 Å². The number of rotatable bonds is 7. The van der Waals surface area contributed by atoms with Gasteiger partial charge in [0.05, 0.1) is 11.5 Å². The highest BCUT2D eigenvalue weighted by Gasteiger charge is 2.25. The van der Waals surface area contributed by atoms with E-state index in [4.69, 9.17) is 16.3 Å². The van der Waals surface area contributed by atoms with E-state index in [1.807, 2.05) is 0 Å². The number of nitrogens with zero attached hydrogens (tertiary/aromatic N) is 2. The molecule has 160 valence electrons. The molecule has 0 atom stereocenters. The van der Waals surface area contributed by atoms with Gasteiger partial charge in [0, 0.05) is 17.6 Å². The highest BCUT2D eigenvalue weighted by molar-refractivity contribution is 6.30. The zero-order valence-corrected chi connectivity index (χ0v) is 17.0. The zero-order chi connectivity index (χ0) is 22.5. The van der Waals surface area contributed by atoms with Gasteiger partial charge in [0.2, 0.25) is 5.88 Å². The second kappa shape index (κ2) is 9.26. The number of carbonyl (C=O) groups excluding carboxylic acids is 1. The van der Waals surface area contributed by atoms with E-state index in [9.17, 15) is 24.5 Å². The molecule has 1 amide bonds. The summed E-state index contributed by atoms with van der Waals surface area (Å²) in [6.45, 7) is 1.77. The van der Waals surface area contributed by atoms with Gasteiger partial charge in [-0.25, -0.2) is 4.68 Å². The molecule has 10 nitrogen and oxygen atoms in total. The summed E-state index contributed by atoms with van der Waals surface area (Å²) in [4.78, 5) is 48.7. The van der Waals surface area contributed by atoms with Crippen LogP contribution in [0.25, 0.3) is 5.69 Å². The third kappa shape index (κ3) is 4.64. The minimum Gasteiger partial charge on any atom is -0.478 e. The molecule has 1 heterocycles. The third-order valence-corrected chi connectivity index (χ3v) is 4.52. The predicted molar refractivity (Wildman–Crippen MR) is 113 cm³/mol. The van der Waals surface area contributed by atoms with Crippen molar-refractivity contribution in [1.82, 2.24) is 15.1 Å². The Morgan fingerprint density at radius 3 is 2.52 bits per heavy atom. The SMILES string of the molecule is CCOc1[nH]n(-c2ccccc2[N+](=O)[O-])c(=O)c(=O)c1C(=O)NCc1ccc(Cl)cc1. The number of carbonyl (C=O) groups is 1. The number of amides is 1. The van der Waals surface area contributed by atoms with Gasteiger partial charge in [-0.05, 0) is 30.7 Å². The maximum absolute atomic E-state index is 12.8. The van der Waals surface area contributed by atoms with E-state index in [-0.39, 0.29) is 24.7 Å². The number of benzene rings is 2. The van der Waals surface area contributed by atoms with E-state index in [0.29, 0.717) is 9.70 Å². The van der Waals surface area contributed by atoms with E-state index in [2.05, 4.69) is 10.4 Å².